The highest BCUT2D eigenvalue weighted by atomic mass is 79.9. The van der Waals surface area contributed by atoms with Gasteiger partial charge in [0.1, 0.15) is 11.5 Å². The minimum Gasteiger partial charge on any atom is -0.311 e. The van der Waals surface area contributed by atoms with Crippen LogP contribution in [0.4, 0.5) is 5.82 Å². The van der Waals surface area contributed by atoms with Gasteiger partial charge in [-0.15, -0.1) is 0 Å². The highest BCUT2D eigenvalue weighted by Gasteiger charge is 2.06. The number of pyridine rings is 1. The van der Waals surface area contributed by atoms with Crippen molar-refractivity contribution in [3.05, 3.63) is 23.9 Å². The third-order valence-electron chi connectivity index (χ3n) is 1.46. The van der Waals surface area contributed by atoms with E-state index in [9.17, 15) is 9.59 Å². The van der Waals surface area contributed by atoms with Crippen molar-refractivity contribution in [2.45, 2.75) is 6.92 Å². The van der Waals surface area contributed by atoms with E-state index in [1.807, 2.05) is 0 Å². The Balaban J connectivity index is 2.89. The molecule has 4 nitrogen and oxygen atoms in total. The Bertz CT molecular complexity index is 366. The van der Waals surface area contributed by atoms with E-state index in [1.54, 1.807) is 18.2 Å². The maximum atomic E-state index is 11.2. The zero-order valence-electron chi connectivity index (χ0n) is 7.58. The molecule has 0 spiro atoms. The lowest BCUT2D eigenvalue weighted by Gasteiger charge is -2.02. The number of Topliss-reactive ketones (excluding diaryl/α,β-unsaturated/α-hetero) is 1. The molecular formula is C9H9BrN2O2. The normalized spacial score (nSPS) is 9.57. The van der Waals surface area contributed by atoms with E-state index < -0.39 is 0 Å². The van der Waals surface area contributed by atoms with Crippen LogP contribution < -0.4 is 5.32 Å². The van der Waals surface area contributed by atoms with E-state index >= 15 is 0 Å². The first-order valence-electron chi connectivity index (χ1n) is 3.97. The van der Waals surface area contributed by atoms with Crippen LogP contribution in [-0.2, 0) is 4.79 Å². The van der Waals surface area contributed by atoms with Crippen molar-refractivity contribution in [3.8, 4) is 0 Å². The quantitative estimate of drug-likeness (QED) is 0.661. The van der Waals surface area contributed by atoms with Gasteiger partial charge in [-0.25, -0.2) is 4.98 Å². The van der Waals surface area contributed by atoms with Crippen molar-refractivity contribution in [2.75, 3.05) is 10.6 Å². The van der Waals surface area contributed by atoms with Gasteiger partial charge in [0.15, 0.2) is 5.78 Å². The number of nitrogens with one attached hydrogen (secondary N) is 1. The number of carbonyl (C=O) groups is 2. The van der Waals surface area contributed by atoms with Crippen LogP contribution in [0.2, 0.25) is 0 Å². The Morgan fingerprint density at radius 1 is 1.50 bits per heavy atom. The minimum atomic E-state index is -0.207. The van der Waals surface area contributed by atoms with Crippen molar-refractivity contribution in [1.29, 1.82) is 0 Å². The molecule has 1 N–H and O–H groups in total. The maximum absolute atomic E-state index is 11.2. The molecule has 0 saturated carbocycles. The zero-order chi connectivity index (χ0) is 10.6. The first kappa shape index (κ1) is 10.8. The molecule has 1 heterocycles. The van der Waals surface area contributed by atoms with Crippen molar-refractivity contribution < 1.29 is 9.59 Å². The molecule has 0 unspecified atom stereocenters. The second-order valence-electron chi connectivity index (χ2n) is 2.65. The van der Waals surface area contributed by atoms with Gasteiger partial charge in [0.05, 0.1) is 5.33 Å². The molecule has 5 heteroatoms. The fraction of sp³-hybridized carbons (Fsp3) is 0.222. The molecule has 0 aliphatic rings. The Hall–Kier alpha value is -1.23. The van der Waals surface area contributed by atoms with Crippen LogP contribution in [0.15, 0.2) is 18.2 Å². The summed E-state index contributed by atoms with van der Waals surface area (Å²) in [6, 6.07) is 4.91. The summed E-state index contributed by atoms with van der Waals surface area (Å²) in [6.07, 6.45) is 0. The Morgan fingerprint density at radius 3 is 2.79 bits per heavy atom. The summed E-state index contributed by atoms with van der Waals surface area (Å²) in [5.41, 5.74) is 0.341. The van der Waals surface area contributed by atoms with Crippen molar-refractivity contribution >= 4 is 33.4 Å². The minimum absolute atomic E-state index is 0.114. The number of carbonyl (C=O) groups excluding carboxylic acids is 2. The van der Waals surface area contributed by atoms with E-state index in [4.69, 9.17) is 0 Å². The number of aromatic nitrogens is 1. The molecule has 0 radical (unpaired) electrons. The topological polar surface area (TPSA) is 59.1 Å². The van der Waals surface area contributed by atoms with Gasteiger partial charge in [-0.2, -0.15) is 0 Å². The zero-order valence-corrected chi connectivity index (χ0v) is 9.17. The molecule has 1 amide bonds. The highest BCUT2D eigenvalue weighted by Crippen LogP contribution is 2.06. The number of ketones is 1. The third kappa shape index (κ3) is 2.92. The number of hydrogen-bond donors (Lipinski definition) is 1. The van der Waals surface area contributed by atoms with E-state index in [2.05, 4.69) is 26.2 Å². The van der Waals surface area contributed by atoms with Gasteiger partial charge in [-0.3, -0.25) is 9.59 Å². The standard InChI is InChI=1S/C9H9BrN2O2/c1-6(13)11-9-4-2-3-7(12-9)8(14)5-10/h2-4H,5H2,1H3,(H,11,12,13). The summed E-state index contributed by atoms with van der Waals surface area (Å²) in [4.78, 5) is 25.9. The fourth-order valence-electron chi connectivity index (χ4n) is 0.908. The van der Waals surface area contributed by atoms with Gasteiger partial charge >= 0.3 is 0 Å². The summed E-state index contributed by atoms with van der Waals surface area (Å²) in [5, 5.41) is 2.73. The van der Waals surface area contributed by atoms with E-state index in [0.29, 0.717) is 11.5 Å². The molecule has 0 atom stereocenters. The summed E-state index contributed by atoms with van der Waals surface area (Å²) in [6.45, 7) is 1.39. The average Bonchev–Trinajstić information content (AvgIpc) is 2.16. The molecule has 74 valence electrons. The lowest BCUT2D eigenvalue weighted by Crippen LogP contribution is -2.10. The SMILES string of the molecule is CC(=O)Nc1cccc(C(=O)CBr)n1. The Labute approximate surface area is 89.9 Å². The van der Waals surface area contributed by atoms with Crippen molar-refractivity contribution in [3.63, 3.8) is 0 Å². The first-order chi connectivity index (χ1) is 6.63. The molecule has 0 aliphatic heterocycles. The molecule has 1 aromatic rings. The summed E-state index contributed by atoms with van der Waals surface area (Å²) in [5.74, 6) is 0.0717. The van der Waals surface area contributed by atoms with Gasteiger partial charge in [0, 0.05) is 6.92 Å². The number of alkyl halides is 1. The molecule has 0 fully saturated rings. The van der Waals surface area contributed by atoms with Gasteiger partial charge in [0.25, 0.3) is 0 Å². The average molecular weight is 257 g/mol. The predicted molar refractivity (Wildman–Crippen MR) is 56.7 cm³/mol. The van der Waals surface area contributed by atoms with Gasteiger partial charge < -0.3 is 5.32 Å². The highest BCUT2D eigenvalue weighted by molar-refractivity contribution is 9.09. The monoisotopic (exact) mass is 256 g/mol. The summed E-state index contributed by atoms with van der Waals surface area (Å²) in [7, 11) is 0. The largest absolute Gasteiger partial charge is 0.311 e. The molecule has 0 bridgehead atoms. The van der Waals surface area contributed by atoms with E-state index in [1.165, 1.54) is 6.92 Å². The third-order valence-corrected chi connectivity index (χ3v) is 1.97. The van der Waals surface area contributed by atoms with E-state index in [0.717, 1.165) is 0 Å². The molecule has 1 rings (SSSR count). The Morgan fingerprint density at radius 2 is 2.21 bits per heavy atom. The summed E-state index contributed by atoms with van der Waals surface area (Å²) < 4.78 is 0. The van der Waals surface area contributed by atoms with Crippen molar-refractivity contribution in [2.24, 2.45) is 0 Å². The molecule has 0 aliphatic carbocycles. The number of halogens is 1. The summed E-state index contributed by atoms with van der Waals surface area (Å²) >= 11 is 3.05. The van der Waals surface area contributed by atoms with E-state index in [-0.39, 0.29) is 17.0 Å². The maximum Gasteiger partial charge on any atom is 0.222 e. The number of nitrogens with zero attached hydrogens (tertiary/aromatic N) is 1. The van der Waals surface area contributed by atoms with Gasteiger partial charge in [-0.1, -0.05) is 22.0 Å². The number of hydrogen-bond acceptors (Lipinski definition) is 3. The lowest BCUT2D eigenvalue weighted by atomic mass is 10.3. The van der Waals surface area contributed by atoms with Crippen LogP contribution in [0, 0.1) is 0 Å². The number of anilines is 1. The Kier molecular flexibility index (Phi) is 3.76. The smallest absolute Gasteiger partial charge is 0.222 e. The second-order valence-corrected chi connectivity index (χ2v) is 3.21. The van der Waals surface area contributed by atoms with Crippen LogP contribution in [-0.4, -0.2) is 22.0 Å². The van der Waals surface area contributed by atoms with Gasteiger partial charge in [0.2, 0.25) is 5.91 Å². The number of rotatable bonds is 3. The van der Waals surface area contributed by atoms with Crippen molar-refractivity contribution in [1.82, 2.24) is 4.98 Å². The van der Waals surface area contributed by atoms with Crippen LogP contribution in [0.1, 0.15) is 17.4 Å². The predicted octanol–water partition coefficient (Wildman–Crippen LogP) is 1.62. The molecule has 14 heavy (non-hydrogen) atoms. The van der Waals surface area contributed by atoms with Crippen LogP contribution in [0.25, 0.3) is 0 Å². The second kappa shape index (κ2) is 4.85. The van der Waals surface area contributed by atoms with Crippen LogP contribution in [0.5, 0.6) is 0 Å². The van der Waals surface area contributed by atoms with Crippen LogP contribution in [0.3, 0.4) is 0 Å². The van der Waals surface area contributed by atoms with Gasteiger partial charge in [-0.05, 0) is 12.1 Å². The van der Waals surface area contributed by atoms with Crippen LogP contribution >= 0.6 is 15.9 Å². The number of amides is 1. The molecule has 0 aromatic carbocycles. The molecule has 1 aromatic heterocycles. The molecule has 0 saturated heterocycles. The molecular weight excluding hydrogens is 248 g/mol. The lowest BCUT2D eigenvalue weighted by molar-refractivity contribution is -0.114. The first-order valence-corrected chi connectivity index (χ1v) is 5.09. The fourth-order valence-corrected chi connectivity index (χ4v) is 1.20.